The Morgan fingerprint density at radius 3 is 2.70 bits per heavy atom. The van der Waals surface area contributed by atoms with Crippen LogP contribution in [0.1, 0.15) is 34.7 Å². The van der Waals surface area contributed by atoms with Gasteiger partial charge in [-0.05, 0) is 51.6 Å². The van der Waals surface area contributed by atoms with Gasteiger partial charge in [0.05, 0.1) is 21.1 Å². The van der Waals surface area contributed by atoms with Gasteiger partial charge in [0, 0.05) is 27.0 Å². The van der Waals surface area contributed by atoms with Gasteiger partial charge in [-0.25, -0.2) is 5.01 Å². The number of nitrogens with zero attached hydrogens (tertiary/aromatic N) is 2. The number of hydrogen-bond donors (Lipinski definition) is 0. The van der Waals surface area contributed by atoms with Crippen molar-refractivity contribution in [2.75, 3.05) is 0 Å². The normalized spacial score (nSPS) is 20.7. The molecule has 3 heterocycles. The number of fused-ring (bicyclic) bond motifs is 3. The first-order valence-electron chi connectivity index (χ1n) is 8.41. The van der Waals surface area contributed by atoms with Gasteiger partial charge in [0.1, 0.15) is 5.75 Å². The zero-order valence-corrected chi connectivity index (χ0v) is 18.6. The highest BCUT2D eigenvalue weighted by molar-refractivity contribution is 9.11. The van der Waals surface area contributed by atoms with Gasteiger partial charge in [0.15, 0.2) is 0 Å². The van der Waals surface area contributed by atoms with Crippen LogP contribution in [0.2, 0.25) is 5.02 Å². The molecule has 0 unspecified atom stereocenters. The molecule has 3 nitrogen and oxygen atoms in total. The summed E-state index contributed by atoms with van der Waals surface area (Å²) in [6.07, 6.45) is 0.554. The van der Waals surface area contributed by atoms with Gasteiger partial charge in [-0.1, -0.05) is 45.7 Å². The maximum absolute atomic E-state index is 6.43. The molecule has 2 aliphatic heterocycles. The molecule has 0 saturated carbocycles. The Hall–Kier alpha value is -1.34. The summed E-state index contributed by atoms with van der Waals surface area (Å²) in [4.78, 5) is 1.20. The molecule has 0 saturated heterocycles. The zero-order chi connectivity index (χ0) is 18.5. The molecule has 136 valence electrons. The summed E-state index contributed by atoms with van der Waals surface area (Å²) in [5.41, 5.74) is 3.26. The fraction of sp³-hybridized carbons (Fsp3) is 0.150. The van der Waals surface area contributed by atoms with Crippen LogP contribution < -0.4 is 4.74 Å². The lowest BCUT2D eigenvalue weighted by Gasteiger charge is -2.38. The lowest BCUT2D eigenvalue weighted by molar-refractivity contribution is -0.0197. The summed E-state index contributed by atoms with van der Waals surface area (Å²) in [6.45, 7) is 0. The van der Waals surface area contributed by atoms with Crippen molar-refractivity contribution >= 4 is 60.5 Å². The van der Waals surface area contributed by atoms with E-state index in [0.29, 0.717) is 5.02 Å². The van der Waals surface area contributed by atoms with E-state index in [0.717, 1.165) is 38.0 Å². The molecule has 0 N–H and O–H groups in total. The van der Waals surface area contributed by atoms with E-state index in [1.807, 2.05) is 30.3 Å². The molecule has 2 atom stereocenters. The molecule has 27 heavy (non-hydrogen) atoms. The van der Waals surface area contributed by atoms with Gasteiger partial charge in [-0.15, -0.1) is 11.3 Å². The van der Waals surface area contributed by atoms with Crippen molar-refractivity contribution in [3.8, 4) is 5.75 Å². The van der Waals surface area contributed by atoms with E-state index in [2.05, 4.69) is 60.4 Å². The lowest BCUT2D eigenvalue weighted by Crippen LogP contribution is -2.33. The number of ether oxygens (including phenoxy) is 1. The number of rotatable bonds is 2. The first-order chi connectivity index (χ1) is 13.1. The monoisotopic (exact) mass is 522 g/mol. The number of halogens is 3. The van der Waals surface area contributed by atoms with E-state index in [9.17, 15) is 0 Å². The molecule has 0 amide bonds. The molecule has 0 fully saturated rings. The summed E-state index contributed by atoms with van der Waals surface area (Å²) in [5, 5.41) is 9.84. The van der Waals surface area contributed by atoms with Gasteiger partial charge in [-0.2, -0.15) is 5.10 Å². The van der Waals surface area contributed by atoms with Gasteiger partial charge < -0.3 is 4.74 Å². The molecule has 5 rings (SSSR count). The van der Waals surface area contributed by atoms with Gasteiger partial charge in [-0.3, -0.25) is 0 Å². The maximum atomic E-state index is 6.43. The Kier molecular flexibility index (Phi) is 4.55. The van der Waals surface area contributed by atoms with E-state index >= 15 is 0 Å². The van der Waals surface area contributed by atoms with Crippen LogP contribution in [0.4, 0.5) is 0 Å². The third kappa shape index (κ3) is 3.12. The molecule has 2 aromatic carbocycles. The number of thiophene rings is 1. The minimum atomic E-state index is -0.297. The smallest absolute Gasteiger partial charge is 0.213 e. The quantitative estimate of drug-likeness (QED) is 0.355. The van der Waals surface area contributed by atoms with Crippen LogP contribution in [0.3, 0.4) is 0 Å². The average molecular weight is 525 g/mol. The van der Waals surface area contributed by atoms with Crippen LogP contribution in [0.15, 0.2) is 68.0 Å². The SMILES string of the molecule is Clc1ccc([C@H]2Oc3c(Br)cc(Br)cc3[C@H]3CC(c4cccs4)=NN32)cc1. The highest BCUT2D eigenvalue weighted by atomic mass is 79.9. The molecule has 2 aliphatic rings. The highest BCUT2D eigenvalue weighted by Gasteiger charge is 2.42. The molecule has 7 heteroatoms. The van der Waals surface area contributed by atoms with Gasteiger partial charge >= 0.3 is 0 Å². The van der Waals surface area contributed by atoms with E-state index in [1.54, 1.807) is 11.3 Å². The Morgan fingerprint density at radius 1 is 1.15 bits per heavy atom. The highest BCUT2D eigenvalue weighted by Crippen LogP contribution is 2.51. The van der Waals surface area contributed by atoms with Crippen LogP contribution in [-0.4, -0.2) is 10.7 Å². The van der Waals surface area contributed by atoms with E-state index < -0.39 is 0 Å². The summed E-state index contributed by atoms with van der Waals surface area (Å²) >= 11 is 15.1. The van der Waals surface area contributed by atoms with Crippen molar-refractivity contribution in [3.05, 3.63) is 83.9 Å². The molecule has 0 radical (unpaired) electrons. The fourth-order valence-electron chi connectivity index (χ4n) is 3.55. The third-order valence-electron chi connectivity index (χ3n) is 4.77. The fourth-order valence-corrected chi connectivity index (χ4v) is 5.75. The molecule has 0 aliphatic carbocycles. The summed E-state index contributed by atoms with van der Waals surface area (Å²) in [6, 6.07) is 16.2. The van der Waals surface area contributed by atoms with Crippen molar-refractivity contribution in [2.24, 2.45) is 5.10 Å². The van der Waals surface area contributed by atoms with Crippen molar-refractivity contribution in [1.82, 2.24) is 5.01 Å². The predicted octanol–water partition coefficient (Wildman–Crippen LogP) is 7.17. The summed E-state index contributed by atoms with van der Waals surface area (Å²) in [5.74, 6) is 0.877. The van der Waals surface area contributed by atoms with E-state index in [4.69, 9.17) is 21.4 Å². The van der Waals surface area contributed by atoms with E-state index in [-0.39, 0.29) is 12.3 Å². The van der Waals surface area contributed by atoms with Crippen LogP contribution in [0.25, 0.3) is 0 Å². The van der Waals surface area contributed by atoms with Gasteiger partial charge in [0.2, 0.25) is 6.23 Å². The minimum Gasteiger partial charge on any atom is -0.463 e. The standard InChI is InChI=1S/C20H13Br2ClN2OS/c21-12-8-14-17-10-16(18-2-1-7-27-18)24-25(17)20(26-19(14)15(22)9-12)11-3-5-13(23)6-4-11/h1-9,17,20H,10H2/t17-,20-/m1/s1. The third-order valence-corrected chi connectivity index (χ3v) is 6.99. The minimum absolute atomic E-state index is 0.125. The molecule has 1 aromatic heterocycles. The number of hydrazone groups is 1. The van der Waals surface area contributed by atoms with Crippen LogP contribution in [0, 0.1) is 0 Å². The van der Waals surface area contributed by atoms with Crippen molar-refractivity contribution in [1.29, 1.82) is 0 Å². The number of hydrogen-bond acceptors (Lipinski definition) is 4. The Morgan fingerprint density at radius 2 is 1.96 bits per heavy atom. The zero-order valence-electron chi connectivity index (χ0n) is 13.9. The van der Waals surface area contributed by atoms with Crippen LogP contribution in [0.5, 0.6) is 5.75 Å². The summed E-state index contributed by atoms with van der Waals surface area (Å²) < 4.78 is 8.39. The van der Waals surface area contributed by atoms with Crippen molar-refractivity contribution in [2.45, 2.75) is 18.7 Å². The molecule has 0 spiro atoms. The number of benzene rings is 2. The first kappa shape index (κ1) is 17.7. The van der Waals surface area contributed by atoms with Crippen LogP contribution >= 0.6 is 54.8 Å². The van der Waals surface area contributed by atoms with Crippen LogP contribution in [-0.2, 0) is 0 Å². The second-order valence-corrected chi connectivity index (χ2v) is 9.61. The largest absolute Gasteiger partial charge is 0.463 e. The Labute approximate surface area is 182 Å². The molecule has 0 bridgehead atoms. The summed E-state index contributed by atoms with van der Waals surface area (Å²) in [7, 11) is 0. The average Bonchev–Trinajstić information content (AvgIpc) is 3.32. The topological polar surface area (TPSA) is 24.8 Å². The lowest BCUT2D eigenvalue weighted by atomic mass is 9.97. The second kappa shape index (κ2) is 6.92. The van der Waals surface area contributed by atoms with Gasteiger partial charge in [0.25, 0.3) is 0 Å². The predicted molar refractivity (Wildman–Crippen MR) is 117 cm³/mol. The first-order valence-corrected chi connectivity index (χ1v) is 11.3. The van der Waals surface area contributed by atoms with Crippen molar-refractivity contribution < 1.29 is 4.74 Å². The Balaban J connectivity index is 1.64. The molecular formula is C20H13Br2ClN2OS. The maximum Gasteiger partial charge on any atom is 0.213 e. The van der Waals surface area contributed by atoms with Crippen molar-refractivity contribution in [3.63, 3.8) is 0 Å². The van der Waals surface area contributed by atoms with E-state index in [1.165, 1.54) is 4.88 Å². The Bertz CT molecular complexity index is 1040. The molecular weight excluding hydrogens is 512 g/mol. The second-order valence-electron chi connectivity index (χ2n) is 6.45. The molecule has 3 aromatic rings.